The van der Waals surface area contributed by atoms with Gasteiger partial charge in [-0.1, -0.05) is 25.5 Å². The molecule has 0 aliphatic carbocycles. The number of unbranched alkanes of at least 4 members (excludes halogenated alkanes) is 1. The molecule has 1 aromatic rings. The lowest BCUT2D eigenvalue weighted by molar-refractivity contribution is -0.161. The van der Waals surface area contributed by atoms with E-state index in [1.165, 1.54) is 9.80 Å². The summed E-state index contributed by atoms with van der Waals surface area (Å²) < 4.78 is 5.33. The number of anilines is 1. The Bertz CT molecular complexity index is 837. The van der Waals surface area contributed by atoms with E-state index in [9.17, 15) is 19.2 Å². The van der Waals surface area contributed by atoms with Gasteiger partial charge in [0, 0.05) is 25.4 Å². The molecule has 0 radical (unpaired) electrons. The van der Waals surface area contributed by atoms with Gasteiger partial charge in [0.2, 0.25) is 11.6 Å². The van der Waals surface area contributed by atoms with Crippen molar-refractivity contribution in [3.05, 3.63) is 29.8 Å². The predicted molar refractivity (Wildman–Crippen MR) is 106 cm³/mol. The first-order valence-corrected chi connectivity index (χ1v) is 10.0. The SMILES string of the molecule is CCCCNC(=O)COC(=O)[C@@]12CCC(=O)N1c1ccccc1C(=O)N2C(C)C. The van der Waals surface area contributed by atoms with E-state index >= 15 is 0 Å². The van der Waals surface area contributed by atoms with Crippen LogP contribution in [0.2, 0.25) is 0 Å². The monoisotopic (exact) mass is 401 g/mol. The van der Waals surface area contributed by atoms with Crippen molar-refractivity contribution in [1.82, 2.24) is 10.2 Å². The first-order valence-electron chi connectivity index (χ1n) is 10.0. The van der Waals surface area contributed by atoms with Crippen LogP contribution in [0.25, 0.3) is 0 Å². The highest BCUT2D eigenvalue weighted by Crippen LogP contribution is 2.45. The Labute approximate surface area is 170 Å². The first-order chi connectivity index (χ1) is 13.8. The molecule has 0 spiro atoms. The number of para-hydroxylation sites is 1. The van der Waals surface area contributed by atoms with Crippen LogP contribution >= 0.6 is 0 Å². The number of esters is 1. The second kappa shape index (κ2) is 8.23. The number of carbonyl (C=O) groups excluding carboxylic acids is 4. The molecule has 1 atom stereocenters. The number of fused-ring (bicyclic) bond motifs is 3. The van der Waals surface area contributed by atoms with Crippen LogP contribution in [-0.2, 0) is 19.1 Å². The lowest BCUT2D eigenvalue weighted by atomic mass is 9.95. The third kappa shape index (κ3) is 3.47. The molecular weight excluding hydrogens is 374 g/mol. The smallest absolute Gasteiger partial charge is 0.354 e. The number of nitrogens with one attached hydrogen (secondary N) is 1. The molecule has 1 fully saturated rings. The van der Waals surface area contributed by atoms with Gasteiger partial charge in [-0.15, -0.1) is 0 Å². The van der Waals surface area contributed by atoms with Gasteiger partial charge >= 0.3 is 5.97 Å². The summed E-state index contributed by atoms with van der Waals surface area (Å²) in [6.45, 7) is 5.65. The van der Waals surface area contributed by atoms with E-state index in [-0.39, 0.29) is 30.7 Å². The van der Waals surface area contributed by atoms with Crippen molar-refractivity contribution >= 4 is 29.4 Å². The maximum Gasteiger partial charge on any atom is 0.354 e. The van der Waals surface area contributed by atoms with Crippen LogP contribution in [0.3, 0.4) is 0 Å². The van der Waals surface area contributed by atoms with Gasteiger partial charge in [0.15, 0.2) is 6.61 Å². The summed E-state index contributed by atoms with van der Waals surface area (Å²) in [6, 6.07) is 6.40. The fraction of sp³-hybridized carbons (Fsp3) is 0.524. The number of benzene rings is 1. The molecule has 8 nitrogen and oxygen atoms in total. The standard InChI is InChI=1S/C21H27N3O5/c1-4-5-12-22-17(25)13-29-20(28)21-11-10-18(26)24(21)16-9-7-6-8-15(16)19(27)23(21)14(2)3/h6-9,14H,4-5,10-13H2,1-3H3,(H,22,25)/t21-/m1/s1. The highest BCUT2D eigenvalue weighted by atomic mass is 16.5. The van der Waals surface area contributed by atoms with Gasteiger partial charge in [0.25, 0.3) is 11.8 Å². The number of ether oxygens (including phenoxy) is 1. The average Bonchev–Trinajstić information content (AvgIpc) is 3.04. The highest BCUT2D eigenvalue weighted by Gasteiger charge is 2.62. The number of carbonyl (C=O) groups is 4. The molecular formula is C21H27N3O5. The molecule has 2 aliphatic rings. The van der Waals surface area contributed by atoms with Crippen LogP contribution in [0.5, 0.6) is 0 Å². The summed E-state index contributed by atoms with van der Waals surface area (Å²) in [5.41, 5.74) is -0.793. The Kier molecular flexibility index (Phi) is 5.91. The Hall–Kier alpha value is -2.90. The first kappa shape index (κ1) is 20.8. The summed E-state index contributed by atoms with van der Waals surface area (Å²) >= 11 is 0. The fourth-order valence-corrected chi connectivity index (χ4v) is 4.08. The molecule has 1 aromatic carbocycles. The summed E-state index contributed by atoms with van der Waals surface area (Å²) in [5.74, 6) is -1.74. The lowest BCUT2D eigenvalue weighted by Crippen LogP contribution is -2.70. The minimum atomic E-state index is -1.57. The minimum absolute atomic E-state index is 0.114. The third-order valence-corrected chi connectivity index (χ3v) is 5.33. The predicted octanol–water partition coefficient (Wildman–Crippen LogP) is 1.83. The van der Waals surface area contributed by atoms with E-state index in [1.807, 2.05) is 6.92 Å². The van der Waals surface area contributed by atoms with Gasteiger partial charge in [0.1, 0.15) is 0 Å². The van der Waals surface area contributed by atoms with Crippen molar-refractivity contribution in [3.8, 4) is 0 Å². The molecule has 1 saturated heterocycles. The fourth-order valence-electron chi connectivity index (χ4n) is 4.08. The zero-order chi connectivity index (χ0) is 21.2. The minimum Gasteiger partial charge on any atom is -0.452 e. The number of amides is 3. The molecule has 3 rings (SSSR count). The highest BCUT2D eigenvalue weighted by molar-refractivity contribution is 6.15. The zero-order valence-electron chi connectivity index (χ0n) is 17.1. The number of hydrogen-bond acceptors (Lipinski definition) is 5. The maximum atomic E-state index is 13.3. The van der Waals surface area contributed by atoms with E-state index in [2.05, 4.69) is 5.32 Å². The molecule has 1 N–H and O–H groups in total. The average molecular weight is 401 g/mol. The summed E-state index contributed by atoms with van der Waals surface area (Å²) in [7, 11) is 0. The topological polar surface area (TPSA) is 96.0 Å². The quantitative estimate of drug-likeness (QED) is 0.556. The third-order valence-electron chi connectivity index (χ3n) is 5.33. The second-order valence-electron chi connectivity index (χ2n) is 7.61. The van der Waals surface area contributed by atoms with Crippen LogP contribution in [0.4, 0.5) is 5.69 Å². The van der Waals surface area contributed by atoms with Crippen LogP contribution in [-0.4, -0.2) is 53.4 Å². The van der Waals surface area contributed by atoms with E-state index in [1.54, 1.807) is 38.1 Å². The van der Waals surface area contributed by atoms with E-state index in [4.69, 9.17) is 4.74 Å². The van der Waals surface area contributed by atoms with Gasteiger partial charge in [-0.25, -0.2) is 4.79 Å². The zero-order valence-corrected chi connectivity index (χ0v) is 17.1. The van der Waals surface area contributed by atoms with Crippen LogP contribution in [0.15, 0.2) is 24.3 Å². The lowest BCUT2D eigenvalue weighted by Gasteiger charge is -2.50. The second-order valence-corrected chi connectivity index (χ2v) is 7.61. The van der Waals surface area contributed by atoms with Crippen molar-refractivity contribution in [2.24, 2.45) is 0 Å². The van der Waals surface area contributed by atoms with Gasteiger partial charge < -0.3 is 15.0 Å². The normalized spacial score (nSPS) is 20.6. The van der Waals surface area contributed by atoms with Crippen molar-refractivity contribution < 1.29 is 23.9 Å². The number of nitrogens with zero attached hydrogens (tertiary/aromatic N) is 2. The van der Waals surface area contributed by atoms with E-state index in [0.29, 0.717) is 17.8 Å². The summed E-state index contributed by atoms with van der Waals surface area (Å²) in [4.78, 5) is 54.0. The molecule has 0 unspecified atom stereocenters. The Balaban J connectivity index is 1.93. The van der Waals surface area contributed by atoms with Crippen LogP contribution in [0, 0.1) is 0 Å². The number of rotatable bonds is 7. The Morgan fingerprint density at radius 1 is 1.24 bits per heavy atom. The molecule has 0 saturated carbocycles. The van der Waals surface area contributed by atoms with Crippen LogP contribution in [0.1, 0.15) is 56.8 Å². The van der Waals surface area contributed by atoms with Crippen molar-refractivity contribution in [1.29, 1.82) is 0 Å². The van der Waals surface area contributed by atoms with Gasteiger partial charge in [-0.2, -0.15) is 0 Å². The molecule has 2 heterocycles. The van der Waals surface area contributed by atoms with Crippen molar-refractivity contribution in [3.63, 3.8) is 0 Å². The maximum absolute atomic E-state index is 13.3. The van der Waals surface area contributed by atoms with Crippen molar-refractivity contribution in [2.45, 2.75) is 58.2 Å². The molecule has 8 heteroatoms. The van der Waals surface area contributed by atoms with Gasteiger partial charge in [-0.3, -0.25) is 19.3 Å². The van der Waals surface area contributed by atoms with E-state index < -0.39 is 24.1 Å². The van der Waals surface area contributed by atoms with Crippen LogP contribution < -0.4 is 10.2 Å². The Morgan fingerprint density at radius 3 is 2.66 bits per heavy atom. The van der Waals surface area contributed by atoms with Crippen molar-refractivity contribution in [2.75, 3.05) is 18.1 Å². The molecule has 0 aromatic heterocycles. The Morgan fingerprint density at radius 2 is 1.97 bits per heavy atom. The molecule has 2 aliphatic heterocycles. The molecule has 3 amide bonds. The molecule has 29 heavy (non-hydrogen) atoms. The molecule has 156 valence electrons. The molecule has 0 bridgehead atoms. The number of hydrogen-bond donors (Lipinski definition) is 1. The van der Waals surface area contributed by atoms with E-state index in [0.717, 1.165) is 12.8 Å². The van der Waals surface area contributed by atoms with Gasteiger partial charge in [0.05, 0.1) is 11.3 Å². The summed E-state index contributed by atoms with van der Waals surface area (Å²) in [6.07, 6.45) is 2.01. The van der Waals surface area contributed by atoms with Gasteiger partial charge in [-0.05, 0) is 32.4 Å². The summed E-state index contributed by atoms with van der Waals surface area (Å²) in [5, 5.41) is 2.69. The largest absolute Gasteiger partial charge is 0.452 e.